The summed E-state index contributed by atoms with van der Waals surface area (Å²) in [6.07, 6.45) is 6.57. The molecule has 0 aliphatic heterocycles. The van der Waals surface area contributed by atoms with Gasteiger partial charge in [0.15, 0.2) is 0 Å². The van der Waals surface area contributed by atoms with Crippen LogP contribution in [0.15, 0.2) is 0 Å². The Balaban J connectivity index is 2.21. The van der Waals surface area contributed by atoms with Gasteiger partial charge < -0.3 is 4.74 Å². The number of hydrogen-bond acceptors (Lipinski definition) is 3. The molecule has 1 saturated carbocycles. The number of ether oxygens (including phenoxy) is 1. The van der Waals surface area contributed by atoms with Gasteiger partial charge in [-0.25, -0.2) is 0 Å². The molecule has 0 amide bonds. The molecule has 1 rings (SSSR count). The average Bonchev–Trinajstić information content (AvgIpc) is 2.96. The SMILES string of the molecule is CCC(OC)C(CCC1CC1)NN. The number of hydrogen-bond donors (Lipinski definition) is 2. The third kappa shape index (κ3) is 3.63. The van der Waals surface area contributed by atoms with E-state index in [0.29, 0.717) is 6.04 Å². The van der Waals surface area contributed by atoms with E-state index in [1.165, 1.54) is 19.3 Å². The molecule has 0 saturated heterocycles. The summed E-state index contributed by atoms with van der Waals surface area (Å²) in [4.78, 5) is 0. The second-order valence-corrected chi connectivity index (χ2v) is 3.98. The van der Waals surface area contributed by atoms with Gasteiger partial charge >= 0.3 is 0 Å². The number of nitrogens with one attached hydrogen (secondary N) is 1. The molecular weight excluding hydrogens is 164 g/mol. The Bertz CT molecular complexity index is 133. The largest absolute Gasteiger partial charge is 0.380 e. The minimum absolute atomic E-state index is 0.267. The molecule has 3 N–H and O–H groups in total. The van der Waals surface area contributed by atoms with E-state index in [4.69, 9.17) is 10.6 Å². The van der Waals surface area contributed by atoms with Crippen LogP contribution in [0.3, 0.4) is 0 Å². The lowest BCUT2D eigenvalue weighted by molar-refractivity contribution is 0.0614. The fraction of sp³-hybridized carbons (Fsp3) is 1.00. The van der Waals surface area contributed by atoms with Gasteiger partial charge in [0.25, 0.3) is 0 Å². The molecule has 1 aliphatic rings. The first kappa shape index (κ1) is 11.0. The molecule has 0 aromatic heterocycles. The molecule has 1 aliphatic carbocycles. The highest BCUT2D eigenvalue weighted by Crippen LogP contribution is 2.34. The van der Waals surface area contributed by atoms with Crippen molar-refractivity contribution in [2.75, 3.05) is 7.11 Å². The summed E-state index contributed by atoms with van der Waals surface area (Å²) in [5, 5.41) is 0. The van der Waals surface area contributed by atoms with E-state index in [-0.39, 0.29) is 6.10 Å². The van der Waals surface area contributed by atoms with Crippen LogP contribution < -0.4 is 11.3 Å². The minimum atomic E-state index is 0.267. The fourth-order valence-corrected chi connectivity index (χ4v) is 1.81. The number of hydrazine groups is 1. The first-order valence-corrected chi connectivity index (χ1v) is 5.30. The van der Waals surface area contributed by atoms with Crippen molar-refractivity contribution in [1.29, 1.82) is 0 Å². The van der Waals surface area contributed by atoms with E-state index in [2.05, 4.69) is 12.3 Å². The molecule has 0 aromatic carbocycles. The third-order valence-corrected chi connectivity index (χ3v) is 2.95. The van der Waals surface area contributed by atoms with Crippen molar-refractivity contribution in [2.45, 2.75) is 51.2 Å². The van der Waals surface area contributed by atoms with Crippen LogP contribution in [0.25, 0.3) is 0 Å². The van der Waals surface area contributed by atoms with Gasteiger partial charge in [-0.3, -0.25) is 11.3 Å². The molecule has 0 radical (unpaired) electrons. The van der Waals surface area contributed by atoms with Crippen molar-refractivity contribution >= 4 is 0 Å². The van der Waals surface area contributed by atoms with Gasteiger partial charge in [-0.2, -0.15) is 0 Å². The van der Waals surface area contributed by atoms with Crippen molar-refractivity contribution in [3.63, 3.8) is 0 Å². The Labute approximate surface area is 81.0 Å². The monoisotopic (exact) mass is 186 g/mol. The maximum Gasteiger partial charge on any atom is 0.0735 e. The smallest absolute Gasteiger partial charge is 0.0735 e. The Morgan fingerprint density at radius 1 is 1.54 bits per heavy atom. The molecule has 2 atom stereocenters. The summed E-state index contributed by atoms with van der Waals surface area (Å²) in [5.41, 5.74) is 2.86. The van der Waals surface area contributed by atoms with Crippen LogP contribution >= 0.6 is 0 Å². The van der Waals surface area contributed by atoms with Crippen LogP contribution in [-0.2, 0) is 4.74 Å². The summed E-state index contributed by atoms with van der Waals surface area (Å²) in [6.45, 7) is 2.13. The molecule has 2 unspecified atom stereocenters. The van der Waals surface area contributed by atoms with Gasteiger partial charge in [-0.1, -0.05) is 19.8 Å². The first-order valence-electron chi connectivity index (χ1n) is 5.30. The summed E-state index contributed by atoms with van der Waals surface area (Å²) in [6, 6.07) is 0.329. The predicted molar refractivity (Wildman–Crippen MR) is 54.2 cm³/mol. The quantitative estimate of drug-likeness (QED) is 0.467. The molecule has 1 fully saturated rings. The second-order valence-electron chi connectivity index (χ2n) is 3.98. The molecule has 13 heavy (non-hydrogen) atoms. The van der Waals surface area contributed by atoms with Crippen molar-refractivity contribution in [3.05, 3.63) is 0 Å². The normalized spacial score (nSPS) is 21.5. The minimum Gasteiger partial charge on any atom is -0.380 e. The average molecular weight is 186 g/mol. The Morgan fingerprint density at radius 2 is 2.23 bits per heavy atom. The highest BCUT2D eigenvalue weighted by Gasteiger charge is 2.25. The van der Waals surface area contributed by atoms with Crippen molar-refractivity contribution in [3.8, 4) is 0 Å². The lowest BCUT2D eigenvalue weighted by Gasteiger charge is -2.24. The van der Waals surface area contributed by atoms with Crippen LogP contribution in [-0.4, -0.2) is 19.3 Å². The van der Waals surface area contributed by atoms with Gasteiger partial charge in [-0.15, -0.1) is 0 Å². The van der Waals surface area contributed by atoms with E-state index >= 15 is 0 Å². The number of nitrogens with two attached hydrogens (primary N) is 1. The molecule has 3 heteroatoms. The van der Waals surface area contributed by atoms with Crippen molar-refractivity contribution in [2.24, 2.45) is 11.8 Å². The van der Waals surface area contributed by atoms with E-state index < -0.39 is 0 Å². The highest BCUT2D eigenvalue weighted by atomic mass is 16.5. The second kappa shape index (κ2) is 5.58. The zero-order chi connectivity index (χ0) is 9.68. The Morgan fingerprint density at radius 3 is 2.62 bits per heavy atom. The lowest BCUT2D eigenvalue weighted by atomic mass is 10.0. The fourth-order valence-electron chi connectivity index (χ4n) is 1.81. The topological polar surface area (TPSA) is 47.3 Å². The van der Waals surface area contributed by atoms with Gasteiger partial charge in [0.1, 0.15) is 0 Å². The van der Waals surface area contributed by atoms with Gasteiger partial charge in [0.05, 0.1) is 6.10 Å². The van der Waals surface area contributed by atoms with Crippen molar-refractivity contribution < 1.29 is 4.74 Å². The van der Waals surface area contributed by atoms with Crippen LogP contribution in [0.4, 0.5) is 0 Å². The third-order valence-electron chi connectivity index (χ3n) is 2.95. The maximum atomic E-state index is 5.50. The van der Waals surface area contributed by atoms with Gasteiger partial charge in [-0.05, 0) is 25.2 Å². The molecule has 0 bridgehead atoms. The Hall–Kier alpha value is -0.120. The highest BCUT2D eigenvalue weighted by molar-refractivity contribution is 4.79. The van der Waals surface area contributed by atoms with Crippen LogP contribution in [0.5, 0.6) is 0 Å². The summed E-state index contributed by atoms with van der Waals surface area (Å²) in [7, 11) is 1.76. The zero-order valence-electron chi connectivity index (χ0n) is 8.75. The maximum absolute atomic E-state index is 5.50. The van der Waals surface area contributed by atoms with Crippen LogP contribution in [0.2, 0.25) is 0 Å². The summed E-state index contributed by atoms with van der Waals surface area (Å²) < 4.78 is 5.36. The zero-order valence-corrected chi connectivity index (χ0v) is 8.75. The van der Waals surface area contributed by atoms with Gasteiger partial charge in [0.2, 0.25) is 0 Å². The number of methoxy groups -OCH3 is 1. The summed E-state index contributed by atoms with van der Waals surface area (Å²) in [5.74, 6) is 6.48. The van der Waals surface area contributed by atoms with E-state index in [1.54, 1.807) is 7.11 Å². The molecule has 3 nitrogen and oxygen atoms in total. The van der Waals surface area contributed by atoms with E-state index in [0.717, 1.165) is 18.8 Å². The summed E-state index contributed by atoms with van der Waals surface area (Å²) >= 11 is 0. The molecule has 0 spiro atoms. The van der Waals surface area contributed by atoms with E-state index in [1.807, 2.05) is 0 Å². The molecule has 0 heterocycles. The lowest BCUT2D eigenvalue weighted by Crippen LogP contribution is -2.44. The van der Waals surface area contributed by atoms with Crippen LogP contribution in [0.1, 0.15) is 39.0 Å². The van der Waals surface area contributed by atoms with Crippen molar-refractivity contribution in [1.82, 2.24) is 5.43 Å². The predicted octanol–water partition coefficient (Wildman–Crippen LogP) is 1.43. The van der Waals surface area contributed by atoms with Crippen LogP contribution in [0, 0.1) is 5.92 Å². The Kier molecular flexibility index (Phi) is 4.70. The standard InChI is InChI=1S/C10H22N2O/c1-3-10(13-2)9(12-11)7-6-8-4-5-8/h8-10,12H,3-7,11H2,1-2H3. The van der Waals surface area contributed by atoms with E-state index in [9.17, 15) is 0 Å². The molecule has 0 aromatic rings. The first-order chi connectivity index (χ1) is 6.31. The number of rotatable bonds is 7. The molecular formula is C10H22N2O. The van der Waals surface area contributed by atoms with Gasteiger partial charge in [0, 0.05) is 13.2 Å². The molecule has 78 valence electrons.